The van der Waals surface area contributed by atoms with Crippen LogP contribution in [0.4, 0.5) is 5.69 Å². The van der Waals surface area contributed by atoms with Crippen LogP contribution in [0.25, 0.3) is 0 Å². The lowest BCUT2D eigenvalue weighted by Crippen LogP contribution is -2.52. The van der Waals surface area contributed by atoms with Crippen LogP contribution in [-0.2, 0) is 32.8 Å². The highest BCUT2D eigenvalue weighted by molar-refractivity contribution is 9.10. The van der Waals surface area contributed by atoms with Gasteiger partial charge in [-0.25, -0.2) is 8.42 Å². The summed E-state index contributed by atoms with van der Waals surface area (Å²) < 4.78 is 33.4. The number of amides is 2. The van der Waals surface area contributed by atoms with Gasteiger partial charge in [0.05, 0.1) is 11.9 Å². The average molecular weight is 631 g/mol. The lowest BCUT2D eigenvalue weighted by molar-refractivity contribution is -0.139. The van der Waals surface area contributed by atoms with Gasteiger partial charge in [-0.1, -0.05) is 65.3 Å². The lowest BCUT2D eigenvalue weighted by atomic mass is 10.1. The summed E-state index contributed by atoms with van der Waals surface area (Å²) >= 11 is 3.41. The van der Waals surface area contributed by atoms with Crippen molar-refractivity contribution in [2.75, 3.05) is 17.1 Å². The minimum absolute atomic E-state index is 0.0604. The Labute approximate surface area is 245 Å². The number of hydrogen-bond donors (Lipinski definition) is 1. The van der Waals surface area contributed by atoms with E-state index in [4.69, 9.17) is 4.74 Å². The minimum Gasteiger partial charge on any atom is -0.489 e. The van der Waals surface area contributed by atoms with Crippen molar-refractivity contribution in [3.63, 3.8) is 0 Å². The molecule has 0 aromatic heterocycles. The van der Waals surface area contributed by atoms with Crippen LogP contribution >= 0.6 is 15.9 Å². The summed E-state index contributed by atoms with van der Waals surface area (Å²) in [5, 5.41) is 2.92. The van der Waals surface area contributed by atoms with Gasteiger partial charge in [0.25, 0.3) is 0 Å². The number of hydrogen-bond acceptors (Lipinski definition) is 5. The molecule has 40 heavy (non-hydrogen) atoms. The van der Waals surface area contributed by atoms with Gasteiger partial charge >= 0.3 is 0 Å². The summed E-state index contributed by atoms with van der Waals surface area (Å²) in [4.78, 5) is 28.1. The van der Waals surface area contributed by atoms with Crippen LogP contribution in [0.2, 0.25) is 0 Å². The number of carbonyl (C=O) groups excluding carboxylic acids is 2. The second-order valence-corrected chi connectivity index (χ2v) is 12.5. The molecule has 0 saturated heterocycles. The van der Waals surface area contributed by atoms with E-state index < -0.39 is 28.5 Å². The minimum atomic E-state index is -3.82. The first-order chi connectivity index (χ1) is 19.0. The molecule has 8 nitrogen and oxygen atoms in total. The van der Waals surface area contributed by atoms with Gasteiger partial charge in [0.15, 0.2) is 0 Å². The van der Waals surface area contributed by atoms with Crippen LogP contribution in [0.5, 0.6) is 5.75 Å². The molecule has 2 amide bonds. The summed E-state index contributed by atoms with van der Waals surface area (Å²) in [6, 6.07) is 22.8. The number of sulfonamides is 1. The molecule has 0 aliphatic heterocycles. The average Bonchev–Trinajstić information content (AvgIpc) is 2.94. The molecule has 0 aliphatic carbocycles. The van der Waals surface area contributed by atoms with E-state index in [9.17, 15) is 18.0 Å². The van der Waals surface area contributed by atoms with Gasteiger partial charge in [-0.3, -0.25) is 13.9 Å². The third-order valence-corrected chi connectivity index (χ3v) is 8.16. The van der Waals surface area contributed by atoms with Crippen LogP contribution in [0.3, 0.4) is 0 Å². The first-order valence-electron chi connectivity index (χ1n) is 13.1. The third-order valence-electron chi connectivity index (χ3n) is 6.49. The Bertz CT molecular complexity index is 1370. The number of benzene rings is 3. The Morgan fingerprint density at radius 3 is 2.12 bits per heavy atom. The number of nitrogens with zero attached hydrogens (tertiary/aromatic N) is 2. The molecule has 0 heterocycles. The Morgan fingerprint density at radius 2 is 1.55 bits per heavy atom. The van der Waals surface area contributed by atoms with Crippen LogP contribution < -0.4 is 14.4 Å². The van der Waals surface area contributed by atoms with Gasteiger partial charge in [-0.15, -0.1) is 0 Å². The molecular weight excluding hydrogens is 594 g/mol. The number of anilines is 1. The SMILES string of the molecule is CC[C@@H](C)NC(=O)[C@@H](C)N(Cc1ccc(Br)cc1)C(=O)CN(c1ccc(OCc2ccccc2)cc1)S(C)(=O)=O. The van der Waals surface area contributed by atoms with Crippen LogP contribution in [0.15, 0.2) is 83.3 Å². The molecule has 0 aliphatic rings. The maximum absolute atomic E-state index is 13.7. The van der Waals surface area contributed by atoms with E-state index in [0.29, 0.717) is 18.0 Å². The quantitative estimate of drug-likeness (QED) is 0.283. The lowest BCUT2D eigenvalue weighted by Gasteiger charge is -2.32. The highest BCUT2D eigenvalue weighted by Gasteiger charge is 2.30. The van der Waals surface area contributed by atoms with E-state index in [1.54, 1.807) is 31.2 Å². The van der Waals surface area contributed by atoms with Gasteiger partial charge in [0.2, 0.25) is 21.8 Å². The highest BCUT2D eigenvalue weighted by atomic mass is 79.9. The molecule has 0 fully saturated rings. The number of rotatable bonds is 13. The third kappa shape index (κ3) is 9.09. The highest BCUT2D eigenvalue weighted by Crippen LogP contribution is 2.23. The summed E-state index contributed by atoms with van der Waals surface area (Å²) in [6.07, 6.45) is 1.80. The van der Waals surface area contributed by atoms with Crippen molar-refractivity contribution in [3.8, 4) is 5.75 Å². The van der Waals surface area contributed by atoms with Crippen LogP contribution in [-0.4, -0.2) is 50.0 Å². The van der Waals surface area contributed by atoms with Gasteiger partial charge < -0.3 is 15.0 Å². The first-order valence-corrected chi connectivity index (χ1v) is 15.7. The van der Waals surface area contributed by atoms with Crippen LogP contribution in [0, 0.1) is 0 Å². The summed E-state index contributed by atoms with van der Waals surface area (Å²) in [5.41, 5.74) is 2.14. The van der Waals surface area contributed by atoms with Crippen LogP contribution in [0.1, 0.15) is 38.3 Å². The van der Waals surface area contributed by atoms with Gasteiger partial charge in [0, 0.05) is 17.1 Å². The fourth-order valence-corrected chi connectivity index (χ4v) is 5.01. The second-order valence-electron chi connectivity index (χ2n) is 9.68. The maximum atomic E-state index is 13.7. The maximum Gasteiger partial charge on any atom is 0.244 e. The molecule has 3 rings (SSSR count). The van der Waals surface area contributed by atoms with E-state index in [1.807, 2.05) is 68.4 Å². The van der Waals surface area contributed by atoms with Crippen molar-refractivity contribution in [3.05, 3.63) is 94.5 Å². The van der Waals surface area contributed by atoms with Gasteiger partial charge in [-0.05, 0) is 67.8 Å². The normalized spacial score (nSPS) is 12.7. The molecule has 2 atom stereocenters. The molecule has 0 bridgehead atoms. The summed E-state index contributed by atoms with van der Waals surface area (Å²) in [5.74, 6) is -0.227. The zero-order valence-electron chi connectivity index (χ0n) is 23.2. The Morgan fingerprint density at radius 1 is 0.925 bits per heavy atom. The standard InChI is InChI=1S/C30H36BrN3O5S/c1-5-22(2)32-30(36)23(3)33(19-24-11-13-26(31)14-12-24)29(35)20-34(40(4,37)38)27-15-17-28(18-16-27)39-21-25-9-7-6-8-10-25/h6-18,22-23H,5,19-21H2,1-4H3,(H,32,36)/t22-,23-/m1/s1. The first kappa shape index (κ1) is 31.2. The molecule has 214 valence electrons. The Balaban J connectivity index is 1.81. The fourth-order valence-electron chi connectivity index (χ4n) is 3.90. The zero-order valence-corrected chi connectivity index (χ0v) is 25.6. The summed E-state index contributed by atoms with van der Waals surface area (Å²) in [7, 11) is -3.82. The van der Waals surface area contributed by atoms with E-state index in [0.717, 1.165) is 32.6 Å². The smallest absolute Gasteiger partial charge is 0.244 e. The molecular formula is C30H36BrN3O5S. The molecule has 3 aromatic carbocycles. The van der Waals surface area contributed by atoms with Crippen molar-refractivity contribution in [2.45, 2.75) is 52.4 Å². The number of halogens is 1. The topological polar surface area (TPSA) is 96.0 Å². The molecule has 0 unspecified atom stereocenters. The zero-order chi connectivity index (χ0) is 29.3. The van der Waals surface area contributed by atoms with Crippen molar-refractivity contribution < 1.29 is 22.7 Å². The van der Waals surface area contributed by atoms with E-state index >= 15 is 0 Å². The molecule has 10 heteroatoms. The number of ether oxygens (including phenoxy) is 1. The van der Waals surface area contributed by atoms with E-state index in [2.05, 4.69) is 21.2 Å². The fraction of sp³-hybridized carbons (Fsp3) is 0.333. The Hall–Kier alpha value is -3.37. The van der Waals surface area contributed by atoms with Crippen molar-refractivity contribution in [1.82, 2.24) is 10.2 Å². The predicted octanol–water partition coefficient (Wildman–Crippen LogP) is 5.13. The monoisotopic (exact) mass is 629 g/mol. The second kappa shape index (κ2) is 14.3. The molecule has 3 aromatic rings. The molecule has 0 saturated carbocycles. The van der Waals surface area contributed by atoms with E-state index in [1.165, 1.54) is 4.90 Å². The van der Waals surface area contributed by atoms with Gasteiger partial charge in [-0.2, -0.15) is 0 Å². The molecule has 0 radical (unpaired) electrons. The summed E-state index contributed by atoms with van der Waals surface area (Å²) in [6.45, 7) is 5.56. The van der Waals surface area contributed by atoms with E-state index in [-0.39, 0.29) is 18.5 Å². The van der Waals surface area contributed by atoms with Crippen molar-refractivity contribution >= 4 is 43.5 Å². The number of carbonyl (C=O) groups is 2. The van der Waals surface area contributed by atoms with Crippen molar-refractivity contribution in [2.24, 2.45) is 0 Å². The molecule has 1 N–H and O–H groups in total. The van der Waals surface area contributed by atoms with Crippen molar-refractivity contribution in [1.29, 1.82) is 0 Å². The molecule has 0 spiro atoms. The predicted molar refractivity (Wildman–Crippen MR) is 161 cm³/mol. The van der Waals surface area contributed by atoms with Gasteiger partial charge in [0.1, 0.15) is 24.9 Å². The number of nitrogens with one attached hydrogen (secondary N) is 1. The largest absolute Gasteiger partial charge is 0.489 e. The Kier molecular flexibility index (Phi) is 11.2.